The van der Waals surface area contributed by atoms with Gasteiger partial charge in [0.25, 0.3) is 5.91 Å². The molecule has 0 aliphatic carbocycles. The number of benzene rings is 2. The summed E-state index contributed by atoms with van der Waals surface area (Å²) >= 11 is 0. The number of ether oxygens (including phenoxy) is 2. The molecule has 0 fully saturated rings. The third-order valence-electron chi connectivity index (χ3n) is 4.30. The summed E-state index contributed by atoms with van der Waals surface area (Å²) in [7, 11) is -1.76. The van der Waals surface area contributed by atoms with Crippen LogP contribution in [0.2, 0.25) is 0 Å². The molecule has 2 aromatic carbocycles. The molecule has 2 aromatic rings. The van der Waals surface area contributed by atoms with E-state index in [4.69, 9.17) is 4.18 Å². The van der Waals surface area contributed by atoms with Gasteiger partial charge in [-0.2, -0.15) is 8.42 Å². The molecule has 0 unspecified atom stereocenters. The van der Waals surface area contributed by atoms with Crippen molar-refractivity contribution in [2.45, 2.75) is 18.7 Å². The van der Waals surface area contributed by atoms with Gasteiger partial charge in [-0.05, 0) is 55.3 Å². The van der Waals surface area contributed by atoms with Crippen molar-refractivity contribution < 1.29 is 36.5 Å². The van der Waals surface area contributed by atoms with Crippen molar-refractivity contribution in [2.75, 3.05) is 27.3 Å². The quantitative estimate of drug-likeness (QED) is 0.443. The summed E-state index contributed by atoms with van der Waals surface area (Å²) in [6, 6.07) is 10.3. The van der Waals surface area contributed by atoms with Gasteiger partial charge in [0.2, 0.25) is 0 Å². The van der Waals surface area contributed by atoms with E-state index in [9.17, 15) is 22.8 Å². The van der Waals surface area contributed by atoms with Crippen LogP contribution in [-0.4, -0.2) is 58.5 Å². The number of amides is 1. The van der Waals surface area contributed by atoms with Gasteiger partial charge in [-0.25, -0.2) is 0 Å². The van der Waals surface area contributed by atoms with Crippen LogP contribution in [0.3, 0.4) is 0 Å². The number of hydrogen-bond donors (Lipinski definition) is 0. The molecule has 0 aliphatic heterocycles. The minimum Gasteiger partial charge on any atom is -0.468 e. The van der Waals surface area contributed by atoms with Crippen LogP contribution in [0, 0.1) is 13.8 Å². The molecular weight excluding hydrogens is 426 g/mol. The molecule has 0 atom stereocenters. The Morgan fingerprint density at radius 1 is 0.871 bits per heavy atom. The predicted octanol–water partition coefficient (Wildman–Crippen LogP) is 1.86. The van der Waals surface area contributed by atoms with Gasteiger partial charge < -0.3 is 18.6 Å². The molecule has 1 amide bonds. The number of nitrogens with zero attached hydrogens (tertiary/aromatic N) is 1. The van der Waals surface area contributed by atoms with Crippen molar-refractivity contribution in [3.63, 3.8) is 0 Å². The van der Waals surface area contributed by atoms with Gasteiger partial charge >= 0.3 is 22.1 Å². The Labute approximate surface area is 180 Å². The summed E-state index contributed by atoms with van der Waals surface area (Å²) in [6.07, 6.45) is 0. The number of hydrogen-bond acceptors (Lipinski definition) is 8. The van der Waals surface area contributed by atoms with Gasteiger partial charge in [0, 0.05) is 5.56 Å². The maximum Gasteiger partial charge on any atom is 0.339 e. The monoisotopic (exact) mass is 449 g/mol. The highest BCUT2D eigenvalue weighted by molar-refractivity contribution is 7.87. The molecule has 9 nitrogen and oxygen atoms in total. The zero-order chi connectivity index (χ0) is 23.2. The highest BCUT2D eigenvalue weighted by atomic mass is 32.2. The molecule has 2 rings (SSSR count). The topological polar surface area (TPSA) is 116 Å². The molecule has 0 aromatic heterocycles. The molecule has 10 heteroatoms. The highest BCUT2D eigenvalue weighted by Crippen LogP contribution is 2.23. The summed E-state index contributed by atoms with van der Waals surface area (Å²) in [4.78, 5) is 36.8. The summed E-state index contributed by atoms with van der Waals surface area (Å²) in [5.41, 5.74) is 1.42. The van der Waals surface area contributed by atoms with Gasteiger partial charge in [-0.3, -0.25) is 14.4 Å². The van der Waals surface area contributed by atoms with E-state index in [0.717, 1.165) is 24.7 Å². The smallest absolute Gasteiger partial charge is 0.339 e. The van der Waals surface area contributed by atoms with Gasteiger partial charge in [-0.15, -0.1) is 0 Å². The molecule has 31 heavy (non-hydrogen) atoms. The van der Waals surface area contributed by atoms with E-state index in [1.807, 2.05) is 0 Å². The molecule has 0 N–H and O–H groups in total. The van der Waals surface area contributed by atoms with E-state index >= 15 is 0 Å². The molecule has 0 bridgehead atoms. The van der Waals surface area contributed by atoms with E-state index in [2.05, 4.69) is 9.47 Å². The summed E-state index contributed by atoms with van der Waals surface area (Å²) in [5, 5.41) is 0. The second kappa shape index (κ2) is 10.1. The second-order valence-electron chi connectivity index (χ2n) is 6.64. The third kappa shape index (κ3) is 6.29. The molecule has 0 saturated heterocycles. The van der Waals surface area contributed by atoms with E-state index in [1.165, 1.54) is 30.3 Å². The van der Waals surface area contributed by atoms with Crippen LogP contribution in [0.1, 0.15) is 21.5 Å². The van der Waals surface area contributed by atoms with Gasteiger partial charge in [0.1, 0.15) is 23.7 Å². The number of carbonyl (C=O) groups excluding carboxylic acids is 3. The van der Waals surface area contributed by atoms with Crippen LogP contribution in [0.15, 0.2) is 47.4 Å². The van der Waals surface area contributed by atoms with Crippen molar-refractivity contribution in [3.05, 3.63) is 59.2 Å². The van der Waals surface area contributed by atoms with Gasteiger partial charge in [0.15, 0.2) is 0 Å². The number of rotatable bonds is 8. The lowest BCUT2D eigenvalue weighted by atomic mass is 10.2. The fourth-order valence-corrected chi connectivity index (χ4v) is 3.87. The Hall–Kier alpha value is -3.40. The average Bonchev–Trinajstić information content (AvgIpc) is 2.74. The highest BCUT2D eigenvalue weighted by Gasteiger charge is 2.23. The number of methoxy groups -OCH3 is 2. The van der Waals surface area contributed by atoms with Gasteiger partial charge in [-0.1, -0.05) is 12.1 Å². The number of carbonyl (C=O) groups is 3. The van der Waals surface area contributed by atoms with Crippen molar-refractivity contribution >= 4 is 28.0 Å². The zero-order valence-electron chi connectivity index (χ0n) is 17.6. The van der Waals surface area contributed by atoms with Crippen LogP contribution in [0.25, 0.3) is 0 Å². The fraction of sp³-hybridized carbons (Fsp3) is 0.286. The molecular formula is C21H23NO8S. The SMILES string of the molecule is COC(=O)CN(CC(=O)OC)C(=O)c1ccc(OS(=O)(=O)c2cc(C)ccc2C)cc1. The van der Waals surface area contributed by atoms with Gasteiger partial charge in [0.05, 0.1) is 14.2 Å². The maximum atomic E-state index is 12.7. The van der Waals surface area contributed by atoms with Crippen LogP contribution in [0.5, 0.6) is 5.75 Å². The second-order valence-corrected chi connectivity index (χ2v) is 8.16. The minimum absolute atomic E-state index is 0.00458. The number of aryl methyl sites for hydroxylation is 2. The Kier molecular flexibility index (Phi) is 7.76. The largest absolute Gasteiger partial charge is 0.468 e. The normalized spacial score (nSPS) is 10.8. The van der Waals surface area contributed by atoms with Crippen LogP contribution < -0.4 is 4.18 Å². The molecule has 0 radical (unpaired) electrons. The van der Waals surface area contributed by atoms with E-state index in [0.29, 0.717) is 5.56 Å². The fourth-order valence-electron chi connectivity index (χ4n) is 2.62. The summed E-state index contributed by atoms with van der Waals surface area (Å²) in [6.45, 7) is 2.52. The molecule has 0 saturated carbocycles. The molecule has 0 heterocycles. The first-order valence-corrected chi connectivity index (χ1v) is 10.5. The Morgan fingerprint density at radius 2 is 1.42 bits per heavy atom. The van der Waals surface area contributed by atoms with Crippen molar-refractivity contribution in [1.29, 1.82) is 0 Å². The molecule has 166 valence electrons. The summed E-state index contributed by atoms with van der Waals surface area (Å²) < 4.78 is 39.5. The lowest BCUT2D eigenvalue weighted by Crippen LogP contribution is -2.40. The van der Waals surface area contributed by atoms with Crippen LogP contribution in [0.4, 0.5) is 0 Å². The zero-order valence-corrected chi connectivity index (χ0v) is 18.4. The first kappa shape index (κ1) is 23.9. The van der Waals surface area contributed by atoms with E-state index in [1.54, 1.807) is 26.0 Å². The third-order valence-corrected chi connectivity index (χ3v) is 5.69. The van der Waals surface area contributed by atoms with E-state index in [-0.39, 0.29) is 16.2 Å². The van der Waals surface area contributed by atoms with Crippen LogP contribution >= 0.6 is 0 Å². The molecule has 0 spiro atoms. The summed E-state index contributed by atoms with van der Waals surface area (Å²) in [5.74, 6) is -2.06. The Morgan fingerprint density at radius 3 is 1.94 bits per heavy atom. The first-order valence-electron chi connectivity index (χ1n) is 9.12. The minimum atomic E-state index is -4.07. The van der Waals surface area contributed by atoms with E-state index < -0.39 is 41.1 Å². The lowest BCUT2D eigenvalue weighted by Gasteiger charge is -2.20. The predicted molar refractivity (Wildman–Crippen MR) is 110 cm³/mol. The Bertz CT molecular complexity index is 1060. The maximum absolute atomic E-state index is 12.7. The average molecular weight is 449 g/mol. The molecule has 0 aliphatic rings. The van der Waals surface area contributed by atoms with Crippen molar-refractivity contribution in [2.24, 2.45) is 0 Å². The number of esters is 2. The Balaban J connectivity index is 2.22. The van der Waals surface area contributed by atoms with Crippen molar-refractivity contribution in [3.8, 4) is 5.75 Å². The lowest BCUT2D eigenvalue weighted by molar-refractivity contribution is -0.144. The van der Waals surface area contributed by atoms with Crippen molar-refractivity contribution in [1.82, 2.24) is 4.90 Å². The van der Waals surface area contributed by atoms with Crippen LogP contribution in [-0.2, 0) is 29.2 Å². The standard InChI is InChI=1S/C21H23NO8S/c1-14-5-6-15(2)18(11-14)31(26,27)30-17-9-7-16(8-10-17)21(25)22(12-19(23)28-3)13-20(24)29-4/h5-11H,12-13H2,1-4H3. The first-order chi connectivity index (χ1) is 14.6.